The van der Waals surface area contributed by atoms with Crippen molar-refractivity contribution < 1.29 is 23.1 Å². The van der Waals surface area contributed by atoms with Crippen LogP contribution in [0.25, 0.3) is 0 Å². The highest BCUT2D eigenvalue weighted by molar-refractivity contribution is 7.91. The van der Waals surface area contributed by atoms with Gasteiger partial charge in [-0.2, -0.15) is 0 Å². The summed E-state index contributed by atoms with van der Waals surface area (Å²) in [5, 5.41) is 13.4. The van der Waals surface area contributed by atoms with Crippen LogP contribution in [0.3, 0.4) is 0 Å². The third-order valence-corrected chi connectivity index (χ3v) is 7.99. The van der Waals surface area contributed by atoms with Gasteiger partial charge in [0.1, 0.15) is 9.84 Å². The van der Waals surface area contributed by atoms with E-state index < -0.39 is 15.8 Å². The van der Waals surface area contributed by atoms with Gasteiger partial charge < -0.3 is 20.1 Å². The molecular weight excluding hydrogens is 464 g/mol. The first-order chi connectivity index (χ1) is 15.7. The zero-order valence-corrected chi connectivity index (χ0v) is 20.5. The zero-order chi connectivity index (χ0) is 24.0. The lowest BCUT2D eigenvalue weighted by Crippen LogP contribution is -2.41. The summed E-state index contributed by atoms with van der Waals surface area (Å²) in [5.41, 5.74) is 3.49. The molecule has 1 fully saturated rings. The second-order valence-electron chi connectivity index (χ2n) is 8.33. The summed E-state index contributed by atoms with van der Waals surface area (Å²) in [6.45, 7) is 3.07. The van der Waals surface area contributed by atoms with E-state index >= 15 is 0 Å². The Labute approximate surface area is 200 Å². The predicted octanol–water partition coefficient (Wildman–Crippen LogP) is 4.69. The Morgan fingerprint density at radius 3 is 2.45 bits per heavy atom. The molecule has 1 unspecified atom stereocenters. The molecule has 0 bridgehead atoms. The zero-order valence-electron chi connectivity index (χ0n) is 19.0. The van der Waals surface area contributed by atoms with Crippen molar-refractivity contribution in [2.75, 3.05) is 42.0 Å². The maximum absolute atomic E-state index is 11.9. The number of hydrogen-bond donors (Lipinski definition) is 2. The van der Waals surface area contributed by atoms with Crippen LogP contribution >= 0.6 is 11.6 Å². The molecule has 2 aromatic carbocycles. The fourth-order valence-electron chi connectivity index (χ4n) is 4.35. The molecule has 2 N–H and O–H groups in total. The minimum absolute atomic E-state index is 0.0362. The van der Waals surface area contributed by atoms with Crippen LogP contribution < -0.4 is 10.2 Å². The minimum atomic E-state index is -2.96. The van der Waals surface area contributed by atoms with Crippen LogP contribution in [-0.4, -0.2) is 57.3 Å². The summed E-state index contributed by atoms with van der Waals surface area (Å²) in [4.78, 5) is 13.6. The number of hydrogen-bond acceptors (Lipinski definition) is 6. The number of aliphatic carboxylic acids is 1. The number of rotatable bonds is 10. The summed E-state index contributed by atoms with van der Waals surface area (Å²) >= 11 is 6.04. The molecule has 0 aromatic heterocycles. The van der Waals surface area contributed by atoms with Gasteiger partial charge in [-0.25, -0.2) is 8.42 Å². The van der Waals surface area contributed by atoms with E-state index in [9.17, 15) is 18.3 Å². The fourth-order valence-corrected chi connectivity index (χ4v) is 5.94. The van der Waals surface area contributed by atoms with E-state index in [0.29, 0.717) is 24.5 Å². The lowest BCUT2D eigenvalue weighted by molar-refractivity contribution is -0.137. The molecule has 1 aliphatic heterocycles. The molecule has 0 saturated carbocycles. The van der Waals surface area contributed by atoms with E-state index in [2.05, 4.69) is 17.1 Å². The lowest BCUT2D eigenvalue weighted by atomic mass is 9.95. The Bertz CT molecular complexity index is 1050. The molecule has 1 aliphatic rings. The summed E-state index contributed by atoms with van der Waals surface area (Å²) in [5.74, 6) is -0.782. The largest absolute Gasteiger partial charge is 0.481 e. The Morgan fingerprint density at radius 1 is 1.21 bits per heavy atom. The summed E-state index contributed by atoms with van der Waals surface area (Å²) < 4.78 is 29.2. The maximum Gasteiger partial charge on any atom is 0.304 e. The van der Waals surface area contributed by atoms with Crippen LogP contribution in [0.2, 0.25) is 5.02 Å². The van der Waals surface area contributed by atoms with Crippen molar-refractivity contribution in [1.29, 1.82) is 0 Å². The van der Waals surface area contributed by atoms with E-state index in [4.69, 9.17) is 16.3 Å². The van der Waals surface area contributed by atoms with Crippen LogP contribution in [0.4, 0.5) is 17.1 Å². The molecular formula is C24H31ClN2O5S. The Hall–Kier alpha value is -2.29. The number of halogens is 1. The average molecular weight is 495 g/mol. The standard InChI is InChI=1S/C24H31ClN2O5S/c1-3-27(21-10-12-33(30,31)13-11-21)23-9-4-17(18(16-32-2)15-24(28)29)14-22(23)26-20-7-5-19(25)6-8-20/h4-9,14,18,21,26H,3,10-13,15-16H2,1-2H3,(H,28,29). The third-order valence-electron chi connectivity index (χ3n) is 6.02. The van der Waals surface area contributed by atoms with Gasteiger partial charge >= 0.3 is 5.97 Å². The van der Waals surface area contributed by atoms with Gasteiger partial charge in [-0.05, 0) is 61.7 Å². The second kappa shape index (κ2) is 11.2. The molecule has 9 heteroatoms. The number of nitrogens with zero attached hydrogens (tertiary/aromatic N) is 1. The molecule has 0 aliphatic carbocycles. The van der Waals surface area contributed by atoms with E-state index in [1.54, 1.807) is 19.2 Å². The maximum atomic E-state index is 11.9. The number of methoxy groups -OCH3 is 1. The van der Waals surface area contributed by atoms with Crippen molar-refractivity contribution in [2.24, 2.45) is 0 Å². The van der Waals surface area contributed by atoms with Crippen LogP contribution in [0.15, 0.2) is 42.5 Å². The van der Waals surface area contributed by atoms with Crippen molar-refractivity contribution in [3.63, 3.8) is 0 Å². The van der Waals surface area contributed by atoms with E-state index in [0.717, 1.165) is 29.2 Å². The van der Waals surface area contributed by atoms with Crippen molar-refractivity contribution in [1.82, 2.24) is 0 Å². The Morgan fingerprint density at radius 2 is 1.88 bits per heavy atom. The number of carboxylic acids is 1. The topological polar surface area (TPSA) is 95.9 Å². The van der Waals surface area contributed by atoms with Gasteiger partial charge in [0.2, 0.25) is 0 Å². The van der Waals surface area contributed by atoms with Gasteiger partial charge in [-0.3, -0.25) is 4.79 Å². The van der Waals surface area contributed by atoms with Crippen molar-refractivity contribution in [3.8, 4) is 0 Å². The summed E-state index contributed by atoms with van der Waals surface area (Å²) in [6.07, 6.45) is 1.14. The van der Waals surface area contributed by atoms with Crippen LogP contribution in [0, 0.1) is 0 Å². The highest BCUT2D eigenvalue weighted by Crippen LogP contribution is 2.36. The SMILES string of the molecule is CCN(c1ccc(C(COC)CC(=O)O)cc1Nc1ccc(Cl)cc1)C1CCS(=O)(=O)CC1. The molecule has 0 radical (unpaired) electrons. The highest BCUT2D eigenvalue weighted by atomic mass is 35.5. The number of carbonyl (C=O) groups is 1. The summed E-state index contributed by atoms with van der Waals surface area (Å²) in [6, 6.07) is 13.4. The first-order valence-corrected chi connectivity index (χ1v) is 13.3. The summed E-state index contributed by atoms with van der Waals surface area (Å²) in [7, 11) is -1.40. The fraction of sp³-hybridized carbons (Fsp3) is 0.458. The van der Waals surface area contributed by atoms with Crippen LogP contribution in [0.1, 0.15) is 37.7 Å². The number of carboxylic acid groups (broad SMARTS) is 1. The van der Waals surface area contributed by atoms with Gasteiger partial charge in [0.25, 0.3) is 0 Å². The molecule has 0 amide bonds. The van der Waals surface area contributed by atoms with E-state index in [1.807, 2.05) is 30.3 Å². The number of sulfone groups is 1. The molecule has 2 aromatic rings. The predicted molar refractivity (Wildman–Crippen MR) is 133 cm³/mol. The minimum Gasteiger partial charge on any atom is -0.481 e. The lowest BCUT2D eigenvalue weighted by Gasteiger charge is -2.36. The smallest absolute Gasteiger partial charge is 0.304 e. The molecule has 0 spiro atoms. The van der Waals surface area contributed by atoms with E-state index in [-0.39, 0.29) is 29.9 Å². The van der Waals surface area contributed by atoms with Crippen LogP contribution in [0.5, 0.6) is 0 Å². The van der Waals surface area contributed by atoms with Gasteiger partial charge in [0.05, 0.1) is 35.9 Å². The Balaban J connectivity index is 1.99. The van der Waals surface area contributed by atoms with Gasteiger partial charge in [0.15, 0.2) is 0 Å². The van der Waals surface area contributed by atoms with Crippen molar-refractivity contribution in [2.45, 2.75) is 38.1 Å². The number of benzene rings is 2. The molecule has 3 rings (SSSR count). The van der Waals surface area contributed by atoms with Gasteiger partial charge in [-0.15, -0.1) is 0 Å². The molecule has 1 atom stereocenters. The molecule has 7 nitrogen and oxygen atoms in total. The monoisotopic (exact) mass is 494 g/mol. The average Bonchev–Trinajstić information content (AvgIpc) is 2.77. The number of ether oxygens (including phenoxy) is 1. The number of anilines is 3. The number of nitrogens with one attached hydrogen (secondary N) is 1. The quantitative estimate of drug-likeness (QED) is 0.494. The normalized spacial score (nSPS) is 16.8. The molecule has 1 saturated heterocycles. The molecule has 1 heterocycles. The third kappa shape index (κ3) is 6.85. The first kappa shape index (κ1) is 25.3. The van der Waals surface area contributed by atoms with Crippen LogP contribution in [-0.2, 0) is 19.4 Å². The van der Waals surface area contributed by atoms with Crippen molar-refractivity contribution >= 4 is 44.5 Å². The highest BCUT2D eigenvalue weighted by Gasteiger charge is 2.29. The molecule has 180 valence electrons. The van der Waals surface area contributed by atoms with Gasteiger partial charge in [-0.1, -0.05) is 17.7 Å². The van der Waals surface area contributed by atoms with E-state index in [1.165, 1.54) is 0 Å². The van der Waals surface area contributed by atoms with Crippen molar-refractivity contribution in [3.05, 3.63) is 53.1 Å². The molecule has 33 heavy (non-hydrogen) atoms. The Kier molecular flexibility index (Phi) is 8.62. The second-order valence-corrected chi connectivity index (χ2v) is 11.1. The van der Waals surface area contributed by atoms with Gasteiger partial charge in [0, 0.05) is 36.3 Å². The first-order valence-electron chi connectivity index (χ1n) is 11.1.